The average Bonchev–Trinajstić information content (AvgIpc) is 3.10. The Bertz CT molecular complexity index is 1220. The second-order valence-corrected chi connectivity index (χ2v) is 8.87. The first kappa shape index (κ1) is 22.6. The zero-order valence-electron chi connectivity index (χ0n) is 18.6. The van der Waals surface area contributed by atoms with E-state index < -0.39 is 0 Å². The van der Waals surface area contributed by atoms with E-state index in [9.17, 15) is 0 Å². The highest BCUT2D eigenvalue weighted by Crippen LogP contribution is 2.37. The van der Waals surface area contributed by atoms with Crippen LogP contribution < -0.4 is 4.90 Å². The summed E-state index contributed by atoms with van der Waals surface area (Å²) in [6.07, 6.45) is 6.90. The third-order valence-electron chi connectivity index (χ3n) is 5.63. The Morgan fingerprint density at radius 1 is 1.03 bits per heavy atom. The van der Waals surface area contributed by atoms with Crippen LogP contribution >= 0.6 is 23.2 Å². The first-order valence-electron chi connectivity index (χ1n) is 10.9. The molecule has 4 rings (SSSR count). The molecule has 7 heteroatoms. The summed E-state index contributed by atoms with van der Waals surface area (Å²) in [5, 5.41) is 6.00. The zero-order valence-corrected chi connectivity index (χ0v) is 20.2. The maximum atomic E-state index is 6.52. The van der Waals surface area contributed by atoms with E-state index in [2.05, 4.69) is 35.0 Å². The molecule has 0 spiro atoms. The van der Waals surface area contributed by atoms with Gasteiger partial charge in [0.25, 0.3) is 0 Å². The Labute approximate surface area is 199 Å². The maximum absolute atomic E-state index is 6.52. The summed E-state index contributed by atoms with van der Waals surface area (Å²) in [5.41, 5.74) is 6.88. The molecule has 4 aromatic rings. The Morgan fingerprint density at radius 3 is 2.53 bits per heavy atom. The smallest absolute Gasteiger partial charge is 0.120 e. The topological polar surface area (TPSA) is 46.8 Å². The summed E-state index contributed by atoms with van der Waals surface area (Å²) in [6.45, 7) is 6.14. The van der Waals surface area contributed by atoms with Crippen molar-refractivity contribution in [3.05, 3.63) is 70.1 Å². The minimum atomic E-state index is 0.572. The van der Waals surface area contributed by atoms with Crippen molar-refractivity contribution >= 4 is 39.9 Å². The number of halogens is 2. The number of unbranched alkanes of at least 4 members (excludes halogenated alkanes) is 1. The van der Waals surface area contributed by atoms with E-state index in [0.29, 0.717) is 10.0 Å². The standard InChI is InChI=1S/C25H27Cl2N5/c1-4-5-13-32(14-10-18-8-11-28-12-9-18)22-15-17(2)29-24-23(30-31(3)25(22)24)20-7-6-19(26)16-21(20)27/h6-9,11-12,15-16H,4-5,10,13-14H2,1-3H3. The number of benzene rings is 1. The van der Waals surface area contributed by atoms with Crippen LogP contribution in [0.25, 0.3) is 22.3 Å². The number of aromatic nitrogens is 4. The van der Waals surface area contributed by atoms with E-state index in [4.69, 9.17) is 33.3 Å². The molecule has 0 atom stereocenters. The lowest BCUT2D eigenvalue weighted by atomic mass is 10.1. The van der Waals surface area contributed by atoms with E-state index in [1.54, 1.807) is 6.07 Å². The predicted molar refractivity (Wildman–Crippen MR) is 134 cm³/mol. The van der Waals surface area contributed by atoms with E-state index >= 15 is 0 Å². The van der Waals surface area contributed by atoms with Crippen molar-refractivity contribution in [1.82, 2.24) is 19.7 Å². The van der Waals surface area contributed by atoms with Crippen molar-refractivity contribution < 1.29 is 0 Å². The van der Waals surface area contributed by atoms with E-state index in [-0.39, 0.29) is 0 Å². The Morgan fingerprint density at radius 2 is 1.81 bits per heavy atom. The van der Waals surface area contributed by atoms with Gasteiger partial charge in [0.15, 0.2) is 0 Å². The van der Waals surface area contributed by atoms with Gasteiger partial charge >= 0.3 is 0 Å². The quantitative estimate of drug-likeness (QED) is 0.296. The summed E-state index contributed by atoms with van der Waals surface area (Å²) in [4.78, 5) is 11.5. The van der Waals surface area contributed by atoms with Gasteiger partial charge in [-0.15, -0.1) is 0 Å². The molecule has 0 aliphatic carbocycles. The molecule has 1 aromatic carbocycles. The second-order valence-electron chi connectivity index (χ2n) is 8.02. The largest absolute Gasteiger partial charge is 0.369 e. The molecule has 0 aliphatic heterocycles. The molecule has 0 radical (unpaired) electrons. The van der Waals surface area contributed by atoms with Crippen molar-refractivity contribution in [3.63, 3.8) is 0 Å². The minimum absolute atomic E-state index is 0.572. The van der Waals surface area contributed by atoms with Crippen LogP contribution in [0.1, 0.15) is 31.0 Å². The predicted octanol–water partition coefficient (Wildman–Crippen LogP) is 6.49. The van der Waals surface area contributed by atoms with E-state index in [1.807, 2.05) is 43.2 Å². The minimum Gasteiger partial charge on any atom is -0.369 e. The number of aryl methyl sites for hydroxylation is 2. The van der Waals surface area contributed by atoms with Gasteiger partial charge in [-0.1, -0.05) is 36.5 Å². The second kappa shape index (κ2) is 9.88. The Hall–Kier alpha value is -2.63. The summed E-state index contributed by atoms with van der Waals surface area (Å²) < 4.78 is 1.92. The van der Waals surface area contributed by atoms with Gasteiger partial charge in [0, 0.05) is 48.8 Å². The molecule has 0 fully saturated rings. The Balaban J connectivity index is 1.80. The molecule has 0 saturated heterocycles. The van der Waals surface area contributed by atoms with Gasteiger partial charge in [0.1, 0.15) is 16.7 Å². The molecular formula is C25H27Cl2N5. The number of hydrogen-bond acceptors (Lipinski definition) is 4. The van der Waals surface area contributed by atoms with E-state index in [0.717, 1.165) is 66.0 Å². The molecular weight excluding hydrogens is 441 g/mol. The SMILES string of the molecule is CCCCN(CCc1ccncc1)c1cc(C)nc2c(-c3ccc(Cl)cc3Cl)nn(C)c12. The molecule has 0 saturated carbocycles. The number of rotatable bonds is 8. The molecule has 0 aliphatic rings. The van der Waals surface area contributed by atoms with E-state index in [1.165, 1.54) is 5.56 Å². The number of nitrogens with zero attached hydrogens (tertiary/aromatic N) is 5. The Kier molecular flexibility index (Phi) is 6.97. The monoisotopic (exact) mass is 467 g/mol. The molecule has 3 aromatic heterocycles. The van der Waals surface area contributed by atoms with Crippen LogP contribution in [0.3, 0.4) is 0 Å². The van der Waals surface area contributed by atoms with Crippen LogP contribution in [0.4, 0.5) is 5.69 Å². The van der Waals surface area contributed by atoms with Crippen molar-refractivity contribution in [1.29, 1.82) is 0 Å². The lowest BCUT2D eigenvalue weighted by Gasteiger charge is -2.26. The van der Waals surface area contributed by atoms with Gasteiger partial charge < -0.3 is 4.90 Å². The average molecular weight is 468 g/mol. The molecule has 0 unspecified atom stereocenters. The van der Waals surface area contributed by atoms with Crippen molar-refractivity contribution in [3.8, 4) is 11.3 Å². The fourth-order valence-corrected chi connectivity index (χ4v) is 4.50. The van der Waals surface area contributed by atoms with Crippen molar-refractivity contribution in [2.24, 2.45) is 7.05 Å². The zero-order chi connectivity index (χ0) is 22.7. The maximum Gasteiger partial charge on any atom is 0.120 e. The summed E-state index contributed by atoms with van der Waals surface area (Å²) in [7, 11) is 1.97. The first-order chi connectivity index (χ1) is 15.5. The van der Waals surface area contributed by atoms with Crippen LogP contribution in [0.15, 0.2) is 48.8 Å². The van der Waals surface area contributed by atoms with Gasteiger partial charge in [-0.05, 0) is 61.7 Å². The normalized spacial score (nSPS) is 11.3. The van der Waals surface area contributed by atoms with Crippen molar-refractivity contribution in [2.75, 3.05) is 18.0 Å². The number of fused-ring (bicyclic) bond motifs is 1. The first-order valence-corrected chi connectivity index (χ1v) is 11.7. The molecule has 0 amide bonds. The lowest BCUT2D eigenvalue weighted by molar-refractivity contribution is 0.708. The third kappa shape index (κ3) is 4.74. The van der Waals surface area contributed by atoms with Crippen LogP contribution in [-0.2, 0) is 13.5 Å². The summed E-state index contributed by atoms with van der Waals surface area (Å²) in [6, 6.07) is 11.8. The van der Waals surface area contributed by atoms with Crippen LogP contribution in [0.2, 0.25) is 10.0 Å². The molecule has 166 valence electrons. The molecule has 0 N–H and O–H groups in total. The van der Waals surface area contributed by atoms with Crippen molar-refractivity contribution in [2.45, 2.75) is 33.1 Å². The number of hydrogen-bond donors (Lipinski definition) is 0. The highest BCUT2D eigenvalue weighted by atomic mass is 35.5. The molecule has 0 bridgehead atoms. The van der Waals surface area contributed by atoms with Gasteiger partial charge in [-0.2, -0.15) is 5.10 Å². The summed E-state index contributed by atoms with van der Waals surface area (Å²) in [5.74, 6) is 0. The fourth-order valence-electron chi connectivity index (χ4n) is 4.00. The fraction of sp³-hybridized carbons (Fsp3) is 0.320. The van der Waals surface area contributed by atoms with Gasteiger partial charge in [0.2, 0.25) is 0 Å². The lowest BCUT2D eigenvalue weighted by Crippen LogP contribution is -2.27. The number of pyridine rings is 2. The summed E-state index contributed by atoms with van der Waals surface area (Å²) >= 11 is 12.6. The molecule has 32 heavy (non-hydrogen) atoms. The molecule has 5 nitrogen and oxygen atoms in total. The van der Waals surface area contributed by atoms with Gasteiger partial charge in [0.05, 0.1) is 10.7 Å². The van der Waals surface area contributed by atoms with Gasteiger partial charge in [-0.3, -0.25) is 9.67 Å². The van der Waals surface area contributed by atoms with Crippen LogP contribution in [-0.4, -0.2) is 32.8 Å². The third-order valence-corrected chi connectivity index (χ3v) is 6.17. The number of anilines is 1. The molecule has 3 heterocycles. The highest BCUT2D eigenvalue weighted by Gasteiger charge is 2.21. The van der Waals surface area contributed by atoms with Crippen LogP contribution in [0.5, 0.6) is 0 Å². The highest BCUT2D eigenvalue weighted by molar-refractivity contribution is 6.36. The van der Waals surface area contributed by atoms with Crippen LogP contribution in [0, 0.1) is 6.92 Å². The van der Waals surface area contributed by atoms with Gasteiger partial charge in [-0.25, -0.2) is 4.98 Å².